The van der Waals surface area contributed by atoms with Crippen LogP contribution in [-0.4, -0.2) is 44.2 Å². The molecule has 2 aromatic rings. The van der Waals surface area contributed by atoms with Crippen LogP contribution in [-0.2, 0) is 10.0 Å². The SMILES string of the molecule is CN(C)S(=O)(=O)c1cc(C(=O)Nc2ccc(C(=O)NC(C)(C)C)cc2)ccc1Br. The minimum atomic E-state index is -3.70. The molecule has 0 heterocycles. The fraction of sp³-hybridized carbons (Fsp3) is 0.300. The van der Waals surface area contributed by atoms with Gasteiger partial charge in [0.1, 0.15) is 0 Å². The summed E-state index contributed by atoms with van der Waals surface area (Å²) in [5.41, 5.74) is 0.808. The van der Waals surface area contributed by atoms with Gasteiger partial charge in [0.15, 0.2) is 0 Å². The Labute approximate surface area is 179 Å². The second kappa shape index (κ2) is 8.64. The van der Waals surface area contributed by atoms with Crippen LogP contribution in [0.2, 0.25) is 0 Å². The molecular formula is C20H24BrN3O4S. The molecule has 0 spiro atoms. The van der Waals surface area contributed by atoms with E-state index in [9.17, 15) is 18.0 Å². The normalized spacial score (nSPS) is 12.0. The van der Waals surface area contributed by atoms with E-state index in [0.717, 1.165) is 4.31 Å². The molecule has 0 atom stereocenters. The fourth-order valence-electron chi connectivity index (χ4n) is 2.36. The number of hydrogen-bond donors (Lipinski definition) is 2. The molecule has 0 aliphatic carbocycles. The number of anilines is 1. The zero-order chi connectivity index (χ0) is 22.0. The monoisotopic (exact) mass is 481 g/mol. The lowest BCUT2D eigenvalue weighted by molar-refractivity contribution is 0.0919. The van der Waals surface area contributed by atoms with Gasteiger partial charge in [0, 0.05) is 40.9 Å². The lowest BCUT2D eigenvalue weighted by atomic mass is 10.1. The zero-order valence-electron chi connectivity index (χ0n) is 16.9. The molecule has 0 saturated carbocycles. The van der Waals surface area contributed by atoms with Crippen molar-refractivity contribution >= 4 is 43.5 Å². The number of halogens is 1. The van der Waals surface area contributed by atoms with E-state index in [-0.39, 0.29) is 21.9 Å². The van der Waals surface area contributed by atoms with Crippen LogP contribution in [0.5, 0.6) is 0 Å². The first-order chi connectivity index (χ1) is 13.3. The van der Waals surface area contributed by atoms with E-state index >= 15 is 0 Å². The first-order valence-electron chi connectivity index (χ1n) is 8.77. The predicted octanol–water partition coefficient (Wildman–Crippen LogP) is 3.48. The van der Waals surface area contributed by atoms with Crippen LogP contribution in [0, 0.1) is 0 Å². The topological polar surface area (TPSA) is 95.6 Å². The Hall–Kier alpha value is -2.23. The number of nitrogens with zero attached hydrogens (tertiary/aromatic N) is 1. The Morgan fingerprint density at radius 1 is 0.931 bits per heavy atom. The predicted molar refractivity (Wildman–Crippen MR) is 117 cm³/mol. The highest BCUT2D eigenvalue weighted by Crippen LogP contribution is 2.25. The van der Waals surface area contributed by atoms with E-state index in [4.69, 9.17) is 0 Å². The molecular weight excluding hydrogens is 458 g/mol. The standard InChI is InChI=1S/C20H24BrN3O4S/c1-20(2,3)23-19(26)13-6-9-15(10-7-13)22-18(25)14-8-11-16(21)17(12-14)29(27,28)24(4)5/h6-12H,1-5H3,(H,22,25)(H,23,26). The number of rotatable bonds is 5. The number of sulfonamides is 1. The molecule has 0 unspecified atom stereocenters. The Morgan fingerprint density at radius 3 is 2.00 bits per heavy atom. The minimum Gasteiger partial charge on any atom is -0.347 e. The number of hydrogen-bond acceptors (Lipinski definition) is 4. The third kappa shape index (κ3) is 5.88. The van der Waals surface area contributed by atoms with Crippen molar-refractivity contribution in [3.05, 3.63) is 58.1 Å². The van der Waals surface area contributed by atoms with E-state index in [1.807, 2.05) is 20.8 Å². The molecule has 0 radical (unpaired) electrons. The molecule has 0 fully saturated rings. The molecule has 29 heavy (non-hydrogen) atoms. The van der Waals surface area contributed by atoms with Crippen molar-refractivity contribution in [2.75, 3.05) is 19.4 Å². The summed E-state index contributed by atoms with van der Waals surface area (Å²) in [4.78, 5) is 24.7. The molecule has 7 nitrogen and oxygen atoms in total. The lowest BCUT2D eigenvalue weighted by Gasteiger charge is -2.20. The highest BCUT2D eigenvalue weighted by Gasteiger charge is 2.22. The quantitative estimate of drug-likeness (QED) is 0.682. The maximum atomic E-state index is 12.6. The number of benzene rings is 2. The van der Waals surface area contributed by atoms with Crippen LogP contribution in [0.25, 0.3) is 0 Å². The summed E-state index contributed by atoms with van der Waals surface area (Å²) in [6.07, 6.45) is 0. The highest BCUT2D eigenvalue weighted by atomic mass is 79.9. The van der Waals surface area contributed by atoms with Gasteiger partial charge in [-0.25, -0.2) is 12.7 Å². The average molecular weight is 482 g/mol. The van der Waals surface area contributed by atoms with Gasteiger partial charge in [-0.3, -0.25) is 9.59 Å². The van der Waals surface area contributed by atoms with Gasteiger partial charge in [0.25, 0.3) is 11.8 Å². The van der Waals surface area contributed by atoms with Crippen molar-refractivity contribution in [1.82, 2.24) is 9.62 Å². The van der Waals surface area contributed by atoms with Crippen LogP contribution >= 0.6 is 15.9 Å². The van der Waals surface area contributed by atoms with Crippen LogP contribution in [0.4, 0.5) is 5.69 Å². The van der Waals surface area contributed by atoms with Gasteiger partial charge >= 0.3 is 0 Å². The number of amides is 2. The van der Waals surface area contributed by atoms with Crippen molar-refractivity contribution in [3.8, 4) is 0 Å². The van der Waals surface area contributed by atoms with Crippen molar-refractivity contribution in [2.45, 2.75) is 31.2 Å². The highest BCUT2D eigenvalue weighted by molar-refractivity contribution is 9.10. The van der Waals surface area contributed by atoms with Gasteiger partial charge in [-0.2, -0.15) is 0 Å². The Bertz CT molecular complexity index is 1030. The zero-order valence-corrected chi connectivity index (χ0v) is 19.3. The third-order valence-electron chi connectivity index (χ3n) is 3.85. The van der Waals surface area contributed by atoms with Gasteiger partial charge in [-0.1, -0.05) is 0 Å². The molecule has 0 aromatic heterocycles. The largest absolute Gasteiger partial charge is 0.347 e. The summed E-state index contributed by atoms with van der Waals surface area (Å²) >= 11 is 3.22. The third-order valence-corrected chi connectivity index (χ3v) is 6.65. The van der Waals surface area contributed by atoms with Crippen molar-refractivity contribution in [3.63, 3.8) is 0 Å². The summed E-state index contributed by atoms with van der Waals surface area (Å²) in [5, 5.41) is 5.57. The van der Waals surface area contributed by atoms with Gasteiger partial charge in [0.05, 0.1) is 4.90 Å². The smallest absolute Gasteiger partial charge is 0.255 e. The fourth-order valence-corrected chi connectivity index (χ4v) is 4.20. The summed E-state index contributed by atoms with van der Waals surface area (Å²) in [6.45, 7) is 5.67. The molecule has 2 amide bonds. The van der Waals surface area contributed by atoms with Crippen molar-refractivity contribution in [1.29, 1.82) is 0 Å². The van der Waals surface area contributed by atoms with Gasteiger partial charge in [-0.05, 0) is 79.2 Å². The summed E-state index contributed by atoms with van der Waals surface area (Å²) in [7, 11) is -0.860. The number of carbonyl (C=O) groups is 2. The van der Waals surface area contributed by atoms with E-state index in [0.29, 0.717) is 15.7 Å². The summed E-state index contributed by atoms with van der Waals surface area (Å²) in [6, 6.07) is 10.8. The molecule has 0 bridgehead atoms. The molecule has 2 N–H and O–H groups in total. The molecule has 9 heteroatoms. The molecule has 0 aliphatic heterocycles. The van der Waals surface area contributed by atoms with E-state index in [1.165, 1.54) is 32.3 Å². The minimum absolute atomic E-state index is 0.00403. The van der Waals surface area contributed by atoms with Crippen molar-refractivity contribution in [2.24, 2.45) is 0 Å². The van der Waals surface area contributed by atoms with E-state index in [1.54, 1.807) is 24.3 Å². The molecule has 0 saturated heterocycles. The molecule has 156 valence electrons. The van der Waals surface area contributed by atoms with Crippen LogP contribution in [0.15, 0.2) is 51.8 Å². The van der Waals surface area contributed by atoms with E-state index in [2.05, 4.69) is 26.6 Å². The number of nitrogens with one attached hydrogen (secondary N) is 2. The summed E-state index contributed by atoms with van der Waals surface area (Å²) < 4.78 is 26.3. The van der Waals surface area contributed by atoms with E-state index < -0.39 is 15.9 Å². The Morgan fingerprint density at radius 2 is 1.48 bits per heavy atom. The Kier molecular flexibility index (Phi) is 6.87. The van der Waals surface area contributed by atoms with Gasteiger partial charge < -0.3 is 10.6 Å². The molecule has 2 rings (SSSR count). The summed E-state index contributed by atoms with van der Waals surface area (Å²) in [5.74, 6) is -0.665. The Balaban J connectivity index is 2.20. The van der Waals surface area contributed by atoms with Gasteiger partial charge in [0.2, 0.25) is 10.0 Å². The second-order valence-electron chi connectivity index (χ2n) is 7.67. The lowest BCUT2D eigenvalue weighted by Crippen LogP contribution is -2.40. The van der Waals surface area contributed by atoms with Crippen molar-refractivity contribution < 1.29 is 18.0 Å². The maximum absolute atomic E-state index is 12.6. The first-order valence-corrected chi connectivity index (χ1v) is 11.0. The number of carbonyl (C=O) groups excluding carboxylic acids is 2. The average Bonchev–Trinajstić information content (AvgIpc) is 2.60. The van der Waals surface area contributed by atoms with Crippen LogP contribution in [0.1, 0.15) is 41.5 Å². The first kappa shape index (κ1) is 23.1. The van der Waals surface area contributed by atoms with Gasteiger partial charge in [-0.15, -0.1) is 0 Å². The molecule has 2 aromatic carbocycles. The second-order valence-corrected chi connectivity index (χ2v) is 10.6. The maximum Gasteiger partial charge on any atom is 0.255 e. The molecule has 0 aliphatic rings. The van der Waals surface area contributed by atoms with Crippen LogP contribution < -0.4 is 10.6 Å². The van der Waals surface area contributed by atoms with Crippen LogP contribution in [0.3, 0.4) is 0 Å².